The number of ether oxygens (including phenoxy) is 9. The van der Waals surface area contributed by atoms with Crippen molar-refractivity contribution in [2.24, 2.45) is 0 Å². The molecule has 2 N–H and O–H groups in total. The van der Waals surface area contributed by atoms with Crippen molar-refractivity contribution in [3.63, 3.8) is 0 Å². The first-order valence-electron chi connectivity index (χ1n) is 18.7. The van der Waals surface area contributed by atoms with Crippen LogP contribution in [-0.4, -0.2) is 92.7 Å². The van der Waals surface area contributed by atoms with Gasteiger partial charge >= 0.3 is 0 Å². The van der Waals surface area contributed by atoms with E-state index in [9.17, 15) is 9.90 Å². The molecule has 3 aliphatic rings. The van der Waals surface area contributed by atoms with Gasteiger partial charge in [-0.2, -0.15) is 0 Å². The van der Waals surface area contributed by atoms with Crippen LogP contribution in [-0.2, 0) is 67.2 Å². The van der Waals surface area contributed by atoms with Crippen LogP contribution in [0.25, 0.3) is 0 Å². The molecule has 4 aromatic rings. The normalized spacial score (nSPS) is 30.6. The Morgan fingerprint density at radius 3 is 1.75 bits per heavy atom. The smallest absolute Gasteiger partial charge is 0.217 e. The van der Waals surface area contributed by atoms with Crippen LogP contribution in [0.2, 0.25) is 0 Å². The molecule has 292 valence electrons. The number of rotatable bonds is 15. The minimum atomic E-state index is -1.18. The summed E-state index contributed by atoms with van der Waals surface area (Å²) in [6.45, 7) is 2.26. The largest absolute Gasteiger partial charge is 0.388 e. The highest BCUT2D eigenvalue weighted by atomic mass is 16.8. The van der Waals surface area contributed by atoms with E-state index in [1.807, 2.05) is 121 Å². The monoisotopic (exact) mass is 755 g/mol. The number of aliphatic hydroxyl groups is 1. The summed E-state index contributed by atoms with van der Waals surface area (Å²) in [6, 6.07) is 38.0. The SMILES string of the molecule is CO[C@H]1O[C@H](CO[C@H]2O[C@@H]3COC(c4ccccc4)O[C@H]3[C@H](O)[C@H]2NC(C)=O)[C@@H](OCc2ccccc2)[C@H](OCc2ccccc2)[C@H]1OCc1ccccc1. The van der Waals surface area contributed by atoms with Crippen LogP contribution >= 0.6 is 0 Å². The number of nitrogens with one attached hydrogen (secondary N) is 1. The van der Waals surface area contributed by atoms with Gasteiger partial charge in [-0.05, 0) is 16.7 Å². The second-order valence-electron chi connectivity index (χ2n) is 13.8. The van der Waals surface area contributed by atoms with E-state index in [-0.39, 0.29) is 38.9 Å². The highest BCUT2D eigenvalue weighted by Crippen LogP contribution is 2.36. The second kappa shape index (κ2) is 19.2. The summed E-state index contributed by atoms with van der Waals surface area (Å²) in [5, 5.41) is 14.5. The zero-order valence-corrected chi connectivity index (χ0v) is 31.0. The zero-order chi connectivity index (χ0) is 38.0. The molecule has 55 heavy (non-hydrogen) atoms. The Morgan fingerprint density at radius 1 is 0.673 bits per heavy atom. The fraction of sp³-hybridized carbons (Fsp3) is 0.419. The van der Waals surface area contributed by atoms with Crippen molar-refractivity contribution in [1.82, 2.24) is 5.32 Å². The summed E-state index contributed by atoms with van der Waals surface area (Å²) < 4.78 is 57.5. The maximum Gasteiger partial charge on any atom is 0.217 e. The molecule has 12 heteroatoms. The molecule has 0 spiro atoms. The van der Waals surface area contributed by atoms with Gasteiger partial charge in [0.05, 0.1) is 33.0 Å². The summed E-state index contributed by atoms with van der Waals surface area (Å²) in [4.78, 5) is 12.5. The van der Waals surface area contributed by atoms with Gasteiger partial charge in [-0.15, -0.1) is 0 Å². The van der Waals surface area contributed by atoms with Crippen molar-refractivity contribution in [2.75, 3.05) is 20.3 Å². The van der Waals surface area contributed by atoms with E-state index in [4.69, 9.17) is 42.6 Å². The first-order chi connectivity index (χ1) is 27.0. The number of aliphatic hydroxyl groups excluding tert-OH is 1. The first kappa shape index (κ1) is 39.2. The molecule has 0 saturated carbocycles. The van der Waals surface area contributed by atoms with Crippen LogP contribution in [0.3, 0.4) is 0 Å². The van der Waals surface area contributed by atoms with Gasteiger partial charge in [-0.3, -0.25) is 4.79 Å². The molecule has 0 aromatic heterocycles. The van der Waals surface area contributed by atoms with Crippen molar-refractivity contribution >= 4 is 5.91 Å². The van der Waals surface area contributed by atoms with Gasteiger partial charge in [0.15, 0.2) is 18.9 Å². The van der Waals surface area contributed by atoms with Crippen LogP contribution in [0, 0.1) is 0 Å². The molecule has 11 atom stereocenters. The number of hydrogen-bond acceptors (Lipinski definition) is 11. The molecule has 12 nitrogen and oxygen atoms in total. The van der Waals surface area contributed by atoms with E-state index >= 15 is 0 Å². The molecule has 7 rings (SSSR count). The van der Waals surface area contributed by atoms with Gasteiger partial charge < -0.3 is 53.1 Å². The molecule has 3 fully saturated rings. The summed E-state index contributed by atoms with van der Waals surface area (Å²) >= 11 is 0. The molecule has 0 bridgehead atoms. The standard InChI is InChI=1S/C43H49NO11/c1-28(45)44-35-36(46)37-33(26-51-41(55-37)32-21-13-6-14-22-32)53-42(35)52-27-34-38(48-23-29-15-7-3-8-16-29)39(49-24-30-17-9-4-10-18-30)40(43(47-2)54-34)50-25-31-19-11-5-12-20-31/h3-22,33-43,46H,23-27H2,1-2H3,(H,44,45)/t33-,34-,35-,36-,37-,38-,39+,40-,41?,42+,43+/m1/s1. The molecule has 3 heterocycles. The predicted octanol–water partition coefficient (Wildman–Crippen LogP) is 4.84. The van der Waals surface area contributed by atoms with E-state index < -0.39 is 67.6 Å². The predicted molar refractivity (Wildman–Crippen MR) is 199 cm³/mol. The van der Waals surface area contributed by atoms with E-state index in [0.29, 0.717) is 0 Å². The van der Waals surface area contributed by atoms with E-state index in [2.05, 4.69) is 5.32 Å². The third-order valence-corrected chi connectivity index (χ3v) is 9.91. The van der Waals surface area contributed by atoms with Crippen molar-refractivity contribution in [2.45, 2.75) is 94.4 Å². The number of amides is 1. The molecule has 3 saturated heterocycles. The number of methoxy groups -OCH3 is 1. The Hall–Kier alpha value is -4.05. The van der Waals surface area contributed by atoms with Gasteiger partial charge in [0.25, 0.3) is 0 Å². The highest BCUT2D eigenvalue weighted by Gasteiger charge is 2.52. The molecule has 0 radical (unpaired) electrons. The van der Waals surface area contributed by atoms with Crippen molar-refractivity contribution in [3.8, 4) is 0 Å². The van der Waals surface area contributed by atoms with Crippen molar-refractivity contribution < 1.29 is 52.5 Å². The quantitative estimate of drug-likeness (QED) is 0.173. The van der Waals surface area contributed by atoms with Gasteiger partial charge in [0, 0.05) is 19.6 Å². The second-order valence-corrected chi connectivity index (χ2v) is 13.8. The van der Waals surface area contributed by atoms with E-state index in [1.54, 1.807) is 7.11 Å². The molecule has 1 unspecified atom stereocenters. The maximum absolute atomic E-state index is 12.5. The molecular weight excluding hydrogens is 706 g/mol. The number of carbonyl (C=O) groups is 1. The number of benzene rings is 4. The minimum Gasteiger partial charge on any atom is -0.388 e. The zero-order valence-electron chi connectivity index (χ0n) is 31.0. The maximum atomic E-state index is 12.5. The molecule has 1 amide bonds. The van der Waals surface area contributed by atoms with E-state index in [1.165, 1.54) is 6.92 Å². The Balaban J connectivity index is 1.13. The summed E-state index contributed by atoms with van der Waals surface area (Å²) in [5.41, 5.74) is 3.72. The topological polar surface area (TPSA) is 132 Å². The van der Waals surface area contributed by atoms with E-state index in [0.717, 1.165) is 22.3 Å². The fourth-order valence-corrected chi connectivity index (χ4v) is 7.16. The third-order valence-electron chi connectivity index (χ3n) is 9.91. The molecular formula is C43H49NO11. The summed E-state index contributed by atoms with van der Waals surface area (Å²) in [7, 11) is 1.56. The summed E-state index contributed by atoms with van der Waals surface area (Å²) in [6.07, 6.45) is -8.15. The number of hydrogen-bond donors (Lipinski definition) is 2. The average Bonchev–Trinajstić information content (AvgIpc) is 3.23. The minimum absolute atomic E-state index is 0.0743. The number of fused-ring (bicyclic) bond motifs is 1. The van der Waals surface area contributed by atoms with Gasteiger partial charge in [0.1, 0.15) is 48.8 Å². The van der Waals surface area contributed by atoms with Crippen LogP contribution in [0.1, 0.15) is 35.5 Å². The Bertz CT molecular complexity index is 1740. The lowest BCUT2D eigenvalue weighted by atomic mass is 9.95. The van der Waals surface area contributed by atoms with Crippen LogP contribution in [0.15, 0.2) is 121 Å². The molecule has 3 aliphatic heterocycles. The fourth-order valence-electron chi connectivity index (χ4n) is 7.16. The lowest BCUT2D eigenvalue weighted by Gasteiger charge is -2.49. The summed E-state index contributed by atoms with van der Waals surface area (Å²) in [5.74, 6) is -0.364. The lowest BCUT2D eigenvalue weighted by Crippen LogP contribution is -2.67. The Kier molecular flexibility index (Phi) is 13.7. The molecule has 4 aromatic carbocycles. The number of carbonyl (C=O) groups excluding carboxylic acids is 1. The van der Waals surface area contributed by atoms with Gasteiger partial charge in [-0.1, -0.05) is 121 Å². The Labute approximate surface area is 321 Å². The van der Waals surface area contributed by atoms with Crippen molar-refractivity contribution in [3.05, 3.63) is 144 Å². The van der Waals surface area contributed by atoms with Gasteiger partial charge in [0.2, 0.25) is 5.91 Å². The van der Waals surface area contributed by atoms with Crippen LogP contribution in [0.5, 0.6) is 0 Å². The third kappa shape index (κ3) is 10.0. The average molecular weight is 756 g/mol. The molecule has 0 aliphatic carbocycles. The lowest BCUT2D eigenvalue weighted by molar-refractivity contribution is -0.356. The van der Waals surface area contributed by atoms with Gasteiger partial charge in [-0.25, -0.2) is 0 Å². The first-order valence-corrected chi connectivity index (χ1v) is 18.7. The van der Waals surface area contributed by atoms with Crippen LogP contribution in [0.4, 0.5) is 0 Å². The highest BCUT2D eigenvalue weighted by molar-refractivity contribution is 5.73. The van der Waals surface area contributed by atoms with Crippen molar-refractivity contribution in [1.29, 1.82) is 0 Å². The van der Waals surface area contributed by atoms with Crippen LogP contribution < -0.4 is 5.32 Å². The Morgan fingerprint density at radius 2 is 1.20 bits per heavy atom.